The zero-order chi connectivity index (χ0) is 16.1. The third-order valence-corrected chi connectivity index (χ3v) is 3.08. The quantitative estimate of drug-likeness (QED) is 0.781. The van der Waals surface area contributed by atoms with E-state index >= 15 is 0 Å². The molecular weight excluding hydrogens is 294 g/mol. The maximum atomic E-state index is 12.3. The van der Waals surface area contributed by atoms with Crippen molar-refractivity contribution in [2.24, 2.45) is 0 Å². The summed E-state index contributed by atoms with van der Waals surface area (Å²) in [4.78, 5) is 12.3. The molecule has 2 aromatic carbocycles. The highest BCUT2D eigenvalue weighted by Crippen LogP contribution is 2.24. The molecule has 1 N–H and O–H groups in total. The fourth-order valence-electron chi connectivity index (χ4n) is 2.04. The molecule has 0 aliphatic rings. The number of para-hydroxylation sites is 2. The predicted octanol–water partition coefficient (Wildman–Crippen LogP) is 3.39. The first-order valence-electron chi connectivity index (χ1n) is 7.20. The Balaban J connectivity index is 1.78. The van der Waals surface area contributed by atoms with Gasteiger partial charge >= 0.3 is 11.8 Å². The Kier molecular flexibility index (Phi) is 4.33. The van der Waals surface area contributed by atoms with Gasteiger partial charge in [-0.1, -0.05) is 30.3 Å². The van der Waals surface area contributed by atoms with Crippen molar-refractivity contribution in [3.05, 3.63) is 60.5 Å². The van der Waals surface area contributed by atoms with E-state index in [1.54, 1.807) is 18.2 Å². The number of carbonyl (C=O) groups excluding carboxylic acids is 1. The Morgan fingerprint density at radius 3 is 2.61 bits per heavy atom. The van der Waals surface area contributed by atoms with Crippen molar-refractivity contribution >= 4 is 11.6 Å². The molecule has 0 saturated heterocycles. The van der Waals surface area contributed by atoms with Crippen molar-refractivity contribution in [3.63, 3.8) is 0 Å². The maximum absolute atomic E-state index is 12.3. The van der Waals surface area contributed by atoms with Crippen LogP contribution >= 0.6 is 0 Å². The normalized spacial score (nSPS) is 10.3. The van der Waals surface area contributed by atoms with Gasteiger partial charge in [0.2, 0.25) is 5.89 Å². The van der Waals surface area contributed by atoms with Gasteiger partial charge in [0.15, 0.2) is 0 Å². The summed E-state index contributed by atoms with van der Waals surface area (Å²) in [7, 11) is 0. The minimum atomic E-state index is -0.480. The second kappa shape index (κ2) is 6.74. The van der Waals surface area contributed by atoms with Gasteiger partial charge in [-0.05, 0) is 31.2 Å². The molecule has 6 nitrogen and oxygen atoms in total. The SMILES string of the molecule is CCOc1ccccc1NC(=O)c1nnc(-c2ccccc2)o1. The van der Waals surface area contributed by atoms with Crippen molar-refractivity contribution in [1.29, 1.82) is 0 Å². The van der Waals surface area contributed by atoms with Crippen LogP contribution in [0.1, 0.15) is 17.6 Å². The molecule has 23 heavy (non-hydrogen) atoms. The molecule has 1 heterocycles. The molecule has 3 rings (SSSR count). The summed E-state index contributed by atoms with van der Waals surface area (Å²) in [5.41, 5.74) is 1.31. The molecule has 0 unspecified atom stereocenters. The Bertz CT molecular complexity index is 800. The van der Waals surface area contributed by atoms with Crippen LogP contribution in [0.15, 0.2) is 59.0 Å². The van der Waals surface area contributed by atoms with E-state index in [4.69, 9.17) is 9.15 Å². The Hall–Kier alpha value is -3.15. The van der Waals surface area contributed by atoms with Gasteiger partial charge in [-0.3, -0.25) is 4.79 Å². The van der Waals surface area contributed by atoms with Crippen LogP contribution in [-0.4, -0.2) is 22.7 Å². The van der Waals surface area contributed by atoms with Gasteiger partial charge in [-0.25, -0.2) is 0 Å². The number of amides is 1. The summed E-state index contributed by atoms with van der Waals surface area (Å²) in [6, 6.07) is 16.4. The maximum Gasteiger partial charge on any atom is 0.313 e. The first-order chi connectivity index (χ1) is 11.3. The molecule has 3 aromatic rings. The molecule has 1 aromatic heterocycles. The predicted molar refractivity (Wildman–Crippen MR) is 85.3 cm³/mol. The average Bonchev–Trinajstić information content (AvgIpc) is 3.08. The van der Waals surface area contributed by atoms with Gasteiger partial charge in [0, 0.05) is 5.56 Å². The molecule has 0 fully saturated rings. The number of benzene rings is 2. The van der Waals surface area contributed by atoms with Crippen molar-refractivity contribution in [1.82, 2.24) is 10.2 Å². The average molecular weight is 309 g/mol. The summed E-state index contributed by atoms with van der Waals surface area (Å²) in [6.45, 7) is 2.38. The van der Waals surface area contributed by atoms with Crippen molar-refractivity contribution in [2.45, 2.75) is 6.92 Å². The molecule has 0 saturated carbocycles. The van der Waals surface area contributed by atoms with E-state index in [1.165, 1.54) is 0 Å². The number of anilines is 1. The van der Waals surface area contributed by atoms with E-state index in [0.29, 0.717) is 23.9 Å². The Morgan fingerprint density at radius 1 is 1.09 bits per heavy atom. The summed E-state index contributed by atoms with van der Waals surface area (Å²) < 4.78 is 10.9. The summed E-state index contributed by atoms with van der Waals surface area (Å²) >= 11 is 0. The number of aromatic nitrogens is 2. The van der Waals surface area contributed by atoms with Crippen LogP contribution < -0.4 is 10.1 Å². The molecule has 0 aliphatic carbocycles. The molecule has 0 radical (unpaired) electrons. The lowest BCUT2D eigenvalue weighted by molar-refractivity contribution is 0.0990. The van der Waals surface area contributed by atoms with Gasteiger partial charge < -0.3 is 14.5 Å². The van der Waals surface area contributed by atoms with E-state index in [1.807, 2.05) is 43.3 Å². The van der Waals surface area contributed by atoms with Crippen LogP contribution in [0.25, 0.3) is 11.5 Å². The van der Waals surface area contributed by atoms with Gasteiger partial charge in [0.25, 0.3) is 0 Å². The third-order valence-electron chi connectivity index (χ3n) is 3.08. The molecule has 0 atom stereocenters. The largest absolute Gasteiger partial charge is 0.492 e. The fraction of sp³-hybridized carbons (Fsp3) is 0.118. The lowest BCUT2D eigenvalue weighted by Crippen LogP contribution is -2.13. The van der Waals surface area contributed by atoms with Gasteiger partial charge in [-0.2, -0.15) is 0 Å². The monoisotopic (exact) mass is 309 g/mol. The molecule has 116 valence electrons. The molecular formula is C17H15N3O3. The van der Waals surface area contributed by atoms with Crippen molar-refractivity contribution < 1.29 is 13.9 Å². The van der Waals surface area contributed by atoms with Gasteiger partial charge in [-0.15, -0.1) is 10.2 Å². The molecule has 0 bridgehead atoms. The lowest BCUT2D eigenvalue weighted by atomic mass is 10.2. The Labute approximate surface area is 133 Å². The van der Waals surface area contributed by atoms with Crippen LogP contribution in [0.5, 0.6) is 5.75 Å². The topological polar surface area (TPSA) is 77.2 Å². The van der Waals surface area contributed by atoms with E-state index in [2.05, 4.69) is 15.5 Å². The van der Waals surface area contributed by atoms with Crippen molar-refractivity contribution in [3.8, 4) is 17.2 Å². The smallest absolute Gasteiger partial charge is 0.313 e. The van der Waals surface area contributed by atoms with Crippen LogP contribution in [0, 0.1) is 0 Å². The highest BCUT2D eigenvalue weighted by Gasteiger charge is 2.17. The minimum Gasteiger partial charge on any atom is -0.492 e. The molecule has 6 heteroatoms. The zero-order valence-electron chi connectivity index (χ0n) is 12.5. The molecule has 0 aliphatic heterocycles. The van der Waals surface area contributed by atoms with E-state index in [0.717, 1.165) is 5.56 Å². The highest BCUT2D eigenvalue weighted by atomic mass is 16.5. The zero-order valence-corrected chi connectivity index (χ0v) is 12.5. The number of rotatable bonds is 5. The van der Waals surface area contributed by atoms with Crippen LogP contribution in [0.3, 0.4) is 0 Å². The van der Waals surface area contributed by atoms with Crippen LogP contribution in [0.4, 0.5) is 5.69 Å². The van der Waals surface area contributed by atoms with Crippen LogP contribution in [0.2, 0.25) is 0 Å². The summed E-state index contributed by atoms with van der Waals surface area (Å²) in [6.07, 6.45) is 0. The highest BCUT2D eigenvalue weighted by molar-refractivity contribution is 6.01. The second-order valence-electron chi connectivity index (χ2n) is 4.66. The number of carbonyl (C=O) groups is 1. The summed E-state index contributed by atoms with van der Waals surface area (Å²) in [5.74, 6) is 0.307. The molecule has 0 spiro atoms. The Morgan fingerprint density at radius 2 is 1.83 bits per heavy atom. The summed E-state index contributed by atoms with van der Waals surface area (Å²) in [5, 5.41) is 10.4. The van der Waals surface area contributed by atoms with E-state index in [-0.39, 0.29) is 5.89 Å². The number of nitrogens with zero attached hydrogens (tertiary/aromatic N) is 2. The number of hydrogen-bond donors (Lipinski definition) is 1. The first-order valence-corrected chi connectivity index (χ1v) is 7.20. The fourth-order valence-corrected chi connectivity index (χ4v) is 2.04. The van der Waals surface area contributed by atoms with Crippen molar-refractivity contribution in [2.75, 3.05) is 11.9 Å². The second-order valence-corrected chi connectivity index (χ2v) is 4.66. The minimum absolute atomic E-state index is 0.102. The third kappa shape index (κ3) is 3.37. The van der Waals surface area contributed by atoms with Gasteiger partial charge in [0.05, 0.1) is 12.3 Å². The lowest BCUT2D eigenvalue weighted by Gasteiger charge is -2.09. The van der Waals surface area contributed by atoms with Crippen LogP contribution in [-0.2, 0) is 0 Å². The van der Waals surface area contributed by atoms with Gasteiger partial charge in [0.1, 0.15) is 5.75 Å². The number of ether oxygens (including phenoxy) is 1. The standard InChI is InChI=1S/C17H15N3O3/c1-2-22-14-11-7-6-10-13(14)18-15(21)17-20-19-16(23-17)12-8-4-3-5-9-12/h3-11H,2H2,1H3,(H,18,21). The number of hydrogen-bond acceptors (Lipinski definition) is 5. The molecule has 1 amide bonds. The van der Waals surface area contributed by atoms with E-state index in [9.17, 15) is 4.79 Å². The first kappa shape index (κ1) is 14.8. The van der Waals surface area contributed by atoms with E-state index < -0.39 is 5.91 Å². The number of nitrogens with one attached hydrogen (secondary N) is 1.